The number of carbonyl (C=O) groups is 1. The Morgan fingerprint density at radius 2 is 1.87 bits per heavy atom. The largest absolute Gasteiger partial charge is 0.467 e. The highest BCUT2D eigenvalue weighted by Gasteiger charge is 2.29. The highest BCUT2D eigenvalue weighted by atomic mass is 16.3. The summed E-state index contributed by atoms with van der Waals surface area (Å²) in [5.74, 6) is 1.68. The van der Waals surface area contributed by atoms with E-state index >= 15 is 0 Å². The van der Waals surface area contributed by atoms with E-state index in [1.165, 1.54) is 43.5 Å². The molecule has 1 aromatic heterocycles. The second-order valence-electron chi connectivity index (χ2n) is 9.77. The summed E-state index contributed by atoms with van der Waals surface area (Å²) in [5, 5.41) is 3.29. The summed E-state index contributed by atoms with van der Waals surface area (Å²) in [6, 6.07) is 11.0. The van der Waals surface area contributed by atoms with Crippen molar-refractivity contribution in [1.29, 1.82) is 0 Å². The molecule has 0 bridgehead atoms. The van der Waals surface area contributed by atoms with Gasteiger partial charge in [-0.05, 0) is 62.6 Å². The van der Waals surface area contributed by atoms with Crippen LogP contribution in [0.5, 0.6) is 0 Å². The van der Waals surface area contributed by atoms with E-state index in [0.717, 1.165) is 44.0 Å². The highest BCUT2D eigenvalue weighted by Crippen LogP contribution is 2.33. The van der Waals surface area contributed by atoms with Crippen molar-refractivity contribution >= 4 is 11.6 Å². The quantitative estimate of drug-likeness (QED) is 0.740. The van der Waals surface area contributed by atoms with E-state index in [4.69, 9.17) is 4.42 Å². The lowest BCUT2D eigenvalue weighted by Gasteiger charge is -2.33. The molecule has 5 nitrogen and oxygen atoms in total. The molecule has 31 heavy (non-hydrogen) atoms. The van der Waals surface area contributed by atoms with Crippen molar-refractivity contribution < 1.29 is 9.21 Å². The average molecular weight is 422 g/mol. The predicted molar refractivity (Wildman–Crippen MR) is 123 cm³/mol. The number of carbonyl (C=O) groups excluding carboxylic acids is 1. The van der Waals surface area contributed by atoms with Crippen LogP contribution in [0, 0.1) is 5.92 Å². The maximum Gasteiger partial charge on any atom is 0.255 e. The van der Waals surface area contributed by atoms with Crippen molar-refractivity contribution in [1.82, 2.24) is 10.2 Å². The van der Waals surface area contributed by atoms with Crippen molar-refractivity contribution in [3.63, 3.8) is 0 Å². The molecule has 1 saturated carbocycles. The minimum Gasteiger partial charge on any atom is -0.467 e. The van der Waals surface area contributed by atoms with Crippen LogP contribution >= 0.6 is 0 Å². The molecule has 1 unspecified atom stereocenters. The Labute approximate surface area is 185 Å². The van der Waals surface area contributed by atoms with Gasteiger partial charge < -0.3 is 19.5 Å². The molecule has 1 aromatic carbocycles. The molecule has 3 aliphatic rings. The number of likely N-dealkylation sites (tertiary alicyclic amines) is 1. The fraction of sp³-hybridized carbons (Fsp3) is 0.577. The van der Waals surface area contributed by atoms with Crippen LogP contribution in [0.3, 0.4) is 0 Å². The van der Waals surface area contributed by atoms with Crippen molar-refractivity contribution in [2.45, 2.75) is 70.5 Å². The number of para-hydroxylation sites is 1. The van der Waals surface area contributed by atoms with Gasteiger partial charge in [0.25, 0.3) is 5.91 Å². The lowest BCUT2D eigenvalue weighted by atomic mass is 10.0. The zero-order valence-corrected chi connectivity index (χ0v) is 18.7. The van der Waals surface area contributed by atoms with Gasteiger partial charge in [0.2, 0.25) is 0 Å². The zero-order valence-electron chi connectivity index (χ0n) is 18.7. The number of nitrogens with one attached hydrogen (secondary N) is 1. The van der Waals surface area contributed by atoms with Crippen LogP contribution < -0.4 is 10.2 Å². The van der Waals surface area contributed by atoms with Gasteiger partial charge in [-0.2, -0.15) is 0 Å². The summed E-state index contributed by atoms with van der Waals surface area (Å²) in [7, 11) is 0. The van der Waals surface area contributed by atoms with E-state index in [1.807, 2.05) is 6.07 Å². The molecule has 2 fully saturated rings. The topological polar surface area (TPSA) is 48.7 Å². The van der Waals surface area contributed by atoms with Crippen molar-refractivity contribution in [3.8, 4) is 0 Å². The van der Waals surface area contributed by atoms with E-state index in [0.29, 0.717) is 18.2 Å². The molecule has 166 valence electrons. The van der Waals surface area contributed by atoms with E-state index in [2.05, 4.69) is 46.3 Å². The maximum atomic E-state index is 13.1. The van der Waals surface area contributed by atoms with Crippen LogP contribution in [0.4, 0.5) is 5.69 Å². The Balaban J connectivity index is 1.17. The molecule has 2 aromatic rings. The molecule has 3 heterocycles. The molecular formula is C26H35N3O2. The second kappa shape index (κ2) is 9.07. The van der Waals surface area contributed by atoms with E-state index < -0.39 is 0 Å². The first kappa shape index (κ1) is 20.6. The van der Waals surface area contributed by atoms with E-state index in [-0.39, 0.29) is 11.9 Å². The number of nitrogens with zero attached hydrogens (tertiary/aromatic N) is 2. The highest BCUT2D eigenvalue weighted by molar-refractivity contribution is 5.95. The lowest BCUT2D eigenvalue weighted by Crippen LogP contribution is -2.45. The summed E-state index contributed by atoms with van der Waals surface area (Å²) in [4.78, 5) is 18.0. The Bertz CT molecular complexity index is 894. The Morgan fingerprint density at radius 1 is 1.10 bits per heavy atom. The lowest BCUT2D eigenvalue weighted by molar-refractivity contribution is 0.0903. The van der Waals surface area contributed by atoms with Crippen molar-refractivity contribution in [2.75, 3.05) is 24.5 Å². The zero-order chi connectivity index (χ0) is 21.2. The third kappa shape index (κ3) is 4.52. The average Bonchev–Trinajstić information content (AvgIpc) is 3.51. The minimum absolute atomic E-state index is 0.0122. The number of hydrogen-bond donors (Lipinski definition) is 1. The third-order valence-corrected chi connectivity index (χ3v) is 7.57. The van der Waals surface area contributed by atoms with Crippen LogP contribution in [-0.4, -0.2) is 42.5 Å². The molecule has 1 aliphatic carbocycles. The summed E-state index contributed by atoms with van der Waals surface area (Å²) in [6.45, 7) is 6.32. The summed E-state index contributed by atoms with van der Waals surface area (Å²) < 4.78 is 5.78. The number of piperidine rings is 1. The molecule has 0 radical (unpaired) electrons. The van der Waals surface area contributed by atoms with Crippen LogP contribution in [0.2, 0.25) is 0 Å². The van der Waals surface area contributed by atoms with Gasteiger partial charge in [0.15, 0.2) is 0 Å². The molecule has 0 spiro atoms. The molecule has 2 aliphatic heterocycles. The summed E-state index contributed by atoms with van der Waals surface area (Å²) >= 11 is 0. The van der Waals surface area contributed by atoms with Gasteiger partial charge in [-0.15, -0.1) is 0 Å². The monoisotopic (exact) mass is 421 g/mol. The summed E-state index contributed by atoms with van der Waals surface area (Å²) in [5.41, 5.74) is 3.31. The standard InChI is InChI=1S/C26H35N3O2/c1-19-16-21-8-4-5-9-24(21)29(19)18-25-23(12-15-31-25)26(30)27-22-10-13-28(14-11-22)17-20-6-2-3-7-20/h4-5,8-9,12,15,19-20,22H,2-3,6-7,10-11,13-14,16-18H2,1H3,(H,27,30). The van der Waals surface area contributed by atoms with E-state index in [1.54, 1.807) is 6.26 Å². The van der Waals surface area contributed by atoms with Gasteiger partial charge in [-0.1, -0.05) is 31.0 Å². The molecule has 1 amide bonds. The Kier molecular flexibility index (Phi) is 6.04. The molecular weight excluding hydrogens is 386 g/mol. The van der Waals surface area contributed by atoms with Crippen LogP contribution in [0.1, 0.15) is 67.1 Å². The van der Waals surface area contributed by atoms with Gasteiger partial charge in [-0.25, -0.2) is 0 Å². The predicted octanol–water partition coefficient (Wildman–Crippen LogP) is 4.62. The molecule has 1 saturated heterocycles. The Morgan fingerprint density at radius 3 is 2.68 bits per heavy atom. The fourth-order valence-electron chi connectivity index (χ4n) is 5.77. The van der Waals surface area contributed by atoms with Crippen LogP contribution in [0.25, 0.3) is 0 Å². The SMILES string of the molecule is CC1Cc2ccccc2N1Cc1occc1C(=O)NC1CCN(CC2CCCC2)CC1. The number of fused-ring (bicyclic) bond motifs is 1. The molecule has 5 heteroatoms. The first-order valence-corrected chi connectivity index (χ1v) is 12.1. The third-order valence-electron chi connectivity index (χ3n) is 7.57. The number of rotatable bonds is 6. The van der Waals surface area contributed by atoms with Gasteiger partial charge >= 0.3 is 0 Å². The fourth-order valence-corrected chi connectivity index (χ4v) is 5.77. The van der Waals surface area contributed by atoms with Gasteiger partial charge in [0.05, 0.1) is 18.4 Å². The molecule has 5 rings (SSSR count). The van der Waals surface area contributed by atoms with Gasteiger partial charge in [-0.3, -0.25) is 4.79 Å². The maximum absolute atomic E-state index is 13.1. The van der Waals surface area contributed by atoms with Crippen LogP contribution in [-0.2, 0) is 13.0 Å². The number of furan rings is 1. The van der Waals surface area contributed by atoms with Crippen molar-refractivity contribution in [2.24, 2.45) is 5.92 Å². The summed E-state index contributed by atoms with van der Waals surface area (Å²) in [6.07, 6.45) is 10.4. The van der Waals surface area contributed by atoms with Gasteiger partial charge in [0, 0.05) is 37.4 Å². The first-order valence-electron chi connectivity index (χ1n) is 12.1. The number of benzene rings is 1. The number of anilines is 1. The first-order chi connectivity index (χ1) is 15.2. The number of hydrogen-bond acceptors (Lipinski definition) is 4. The van der Waals surface area contributed by atoms with E-state index in [9.17, 15) is 4.79 Å². The number of amides is 1. The molecule has 1 N–H and O–H groups in total. The normalized spacial score (nSPS) is 22.7. The second-order valence-corrected chi connectivity index (χ2v) is 9.77. The van der Waals surface area contributed by atoms with Gasteiger partial charge in [0.1, 0.15) is 5.76 Å². The van der Waals surface area contributed by atoms with Crippen LogP contribution in [0.15, 0.2) is 41.0 Å². The molecule has 1 atom stereocenters. The Hall–Kier alpha value is -2.27. The minimum atomic E-state index is 0.0122. The smallest absolute Gasteiger partial charge is 0.255 e. The van der Waals surface area contributed by atoms with Crippen molar-refractivity contribution in [3.05, 3.63) is 53.5 Å².